The van der Waals surface area contributed by atoms with Crippen molar-refractivity contribution >= 4 is 16.4 Å². The maximum absolute atomic E-state index is 12.5. The van der Waals surface area contributed by atoms with Gasteiger partial charge in [0.1, 0.15) is 6.34 Å². The van der Waals surface area contributed by atoms with Gasteiger partial charge in [-0.15, -0.1) is 4.40 Å². The van der Waals surface area contributed by atoms with Gasteiger partial charge in [-0.2, -0.15) is 34.8 Å². The maximum Gasteiger partial charge on any atom is 0.416 e. The van der Waals surface area contributed by atoms with Crippen LogP contribution >= 0.6 is 0 Å². The Labute approximate surface area is 114 Å². The summed E-state index contributed by atoms with van der Waals surface area (Å²) in [6.45, 7) is 0. The van der Waals surface area contributed by atoms with Gasteiger partial charge in [0.15, 0.2) is 0 Å². The first-order chi connectivity index (χ1) is 9.38. The van der Waals surface area contributed by atoms with Crippen molar-refractivity contribution in [3.8, 4) is 0 Å². The summed E-state index contributed by atoms with van der Waals surface area (Å²) in [6, 6.07) is -0.0826. The molecule has 12 heteroatoms. The van der Waals surface area contributed by atoms with Crippen LogP contribution in [0, 0.1) is 0 Å². The summed E-state index contributed by atoms with van der Waals surface area (Å²) in [6.07, 6.45) is -9.90. The van der Waals surface area contributed by atoms with Gasteiger partial charge in [-0.1, -0.05) is 0 Å². The Morgan fingerprint density at radius 2 is 1.43 bits per heavy atom. The molecule has 0 heterocycles. The maximum atomic E-state index is 12.5. The Kier molecular flexibility index (Phi) is 4.53. The summed E-state index contributed by atoms with van der Waals surface area (Å²) in [5, 5.41) is 0. The van der Waals surface area contributed by atoms with Gasteiger partial charge in [0, 0.05) is 0 Å². The Morgan fingerprint density at radius 1 is 1.00 bits per heavy atom. The van der Waals surface area contributed by atoms with E-state index in [-0.39, 0.29) is 18.2 Å². The van der Waals surface area contributed by atoms with Crippen LogP contribution in [0.1, 0.15) is 11.1 Å². The summed E-state index contributed by atoms with van der Waals surface area (Å²) in [5.74, 6) is 4.69. The second-order valence-electron chi connectivity index (χ2n) is 3.62. The standard InChI is InChI=1S/C9H7F6N3O2S/c10-8(11,12)5-1-6(9(13,14)15)3-7(2-5)21(19,20)18-4-17-16/h1-4H,16H2,(H,17,18). The molecule has 0 aromatic heterocycles. The first-order valence-corrected chi connectivity index (χ1v) is 6.36. The predicted octanol–water partition coefficient (Wildman–Crippen LogP) is 1.90. The van der Waals surface area contributed by atoms with Gasteiger partial charge in [-0.3, -0.25) is 0 Å². The number of halogens is 6. The zero-order valence-electron chi connectivity index (χ0n) is 9.83. The van der Waals surface area contributed by atoms with E-state index in [2.05, 4.69) is 10.2 Å². The first kappa shape index (κ1) is 17.2. The Hall–Kier alpha value is -1.82. The molecule has 118 valence electrons. The lowest BCUT2D eigenvalue weighted by atomic mass is 10.1. The topological polar surface area (TPSA) is 84.5 Å². The summed E-state index contributed by atoms with van der Waals surface area (Å²) in [4.78, 5) is -1.25. The largest absolute Gasteiger partial charge is 0.416 e. The van der Waals surface area contributed by atoms with Gasteiger partial charge in [-0.25, -0.2) is 5.84 Å². The van der Waals surface area contributed by atoms with Crippen molar-refractivity contribution < 1.29 is 34.8 Å². The molecule has 0 spiro atoms. The number of nitrogens with zero attached hydrogens (tertiary/aromatic N) is 1. The third-order valence-electron chi connectivity index (χ3n) is 2.13. The van der Waals surface area contributed by atoms with E-state index >= 15 is 0 Å². The number of hydrogen-bond donors (Lipinski definition) is 2. The molecule has 1 aromatic carbocycles. The number of benzene rings is 1. The molecule has 0 amide bonds. The first-order valence-electron chi connectivity index (χ1n) is 4.92. The van der Waals surface area contributed by atoms with Crippen LogP contribution in [0.3, 0.4) is 0 Å². The fourth-order valence-corrected chi connectivity index (χ4v) is 2.11. The van der Waals surface area contributed by atoms with Gasteiger partial charge in [-0.05, 0) is 18.2 Å². The van der Waals surface area contributed by atoms with Gasteiger partial charge in [0.05, 0.1) is 16.0 Å². The highest BCUT2D eigenvalue weighted by Crippen LogP contribution is 2.37. The number of nitrogens with two attached hydrogens (primary N) is 1. The molecule has 0 atom stereocenters. The van der Waals surface area contributed by atoms with Crippen LogP contribution in [-0.2, 0) is 22.4 Å². The highest BCUT2D eigenvalue weighted by atomic mass is 32.2. The molecule has 1 aromatic rings. The van der Waals surface area contributed by atoms with Crippen molar-refractivity contribution in [3.05, 3.63) is 29.3 Å². The molecule has 1 rings (SSSR count). The molecule has 3 N–H and O–H groups in total. The number of nitrogens with one attached hydrogen (secondary N) is 1. The molecular weight excluding hydrogens is 328 g/mol. The number of rotatable bonds is 3. The van der Waals surface area contributed by atoms with E-state index in [1.54, 1.807) is 5.43 Å². The zero-order valence-corrected chi connectivity index (χ0v) is 10.6. The molecule has 0 saturated heterocycles. The van der Waals surface area contributed by atoms with Crippen molar-refractivity contribution in [3.63, 3.8) is 0 Å². The third kappa shape index (κ3) is 4.32. The normalized spacial score (nSPS) is 13.7. The number of sulfonamides is 1. The third-order valence-corrected chi connectivity index (χ3v) is 3.34. The van der Waals surface area contributed by atoms with E-state index in [9.17, 15) is 34.8 Å². The highest BCUT2D eigenvalue weighted by molar-refractivity contribution is 7.90. The Morgan fingerprint density at radius 3 is 1.76 bits per heavy atom. The second-order valence-corrected chi connectivity index (χ2v) is 5.25. The molecule has 0 saturated carbocycles. The molecule has 0 fully saturated rings. The lowest BCUT2D eigenvalue weighted by Crippen LogP contribution is -2.20. The molecule has 5 nitrogen and oxygen atoms in total. The predicted molar refractivity (Wildman–Crippen MR) is 59.4 cm³/mol. The van der Waals surface area contributed by atoms with Crippen LogP contribution in [-0.4, -0.2) is 14.8 Å². The van der Waals surface area contributed by atoms with Crippen LogP contribution in [0.25, 0.3) is 0 Å². The van der Waals surface area contributed by atoms with E-state index in [1.807, 2.05) is 0 Å². The molecule has 0 bridgehead atoms. The van der Waals surface area contributed by atoms with Crippen molar-refractivity contribution in [2.75, 3.05) is 0 Å². The van der Waals surface area contributed by atoms with Crippen LogP contribution in [0.4, 0.5) is 26.3 Å². The van der Waals surface area contributed by atoms with Crippen LogP contribution < -0.4 is 11.3 Å². The second kappa shape index (κ2) is 5.52. The minimum Gasteiger partial charge on any atom is -0.314 e. The molecule has 0 radical (unpaired) electrons. The summed E-state index contributed by atoms with van der Waals surface area (Å²) in [5.41, 5.74) is -1.85. The van der Waals surface area contributed by atoms with Gasteiger partial charge >= 0.3 is 12.4 Å². The fourth-order valence-electron chi connectivity index (χ4n) is 1.24. The minimum absolute atomic E-state index is 0.0540. The fraction of sp³-hybridized carbons (Fsp3) is 0.222. The van der Waals surface area contributed by atoms with E-state index in [0.717, 1.165) is 0 Å². The average molecular weight is 335 g/mol. The van der Waals surface area contributed by atoms with Gasteiger partial charge in [0.25, 0.3) is 10.0 Å². The molecule has 0 unspecified atom stereocenters. The number of alkyl halides is 6. The zero-order chi connectivity index (χ0) is 16.5. The van der Waals surface area contributed by atoms with Crippen molar-refractivity contribution in [2.24, 2.45) is 10.2 Å². The molecule has 0 aliphatic carbocycles. The van der Waals surface area contributed by atoms with Crippen LogP contribution in [0.15, 0.2) is 27.5 Å². The number of hydrazine groups is 1. The Bertz CT molecular complexity index is 618. The SMILES string of the molecule is NNC=NS(=O)(=O)c1cc(C(F)(F)F)cc(C(F)(F)F)c1. The quantitative estimate of drug-likeness (QED) is 0.291. The highest BCUT2D eigenvalue weighted by Gasteiger charge is 2.38. The van der Waals surface area contributed by atoms with E-state index in [1.165, 1.54) is 0 Å². The van der Waals surface area contributed by atoms with E-state index in [4.69, 9.17) is 0 Å². The smallest absolute Gasteiger partial charge is 0.314 e. The summed E-state index contributed by atoms with van der Waals surface area (Å²) < 4.78 is 101. The van der Waals surface area contributed by atoms with Crippen molar-refractivity contribution in [2.45, 2.75) is 17.2 Å². The van der Waals surface area contributed by atoms with E-state index in [0.29, 0.717) is 6.34 Å². The van der Waals surface area contributed by atoms with Crippen molar-refractivity contribution in [1.29, 1.82) is 0 Å². The molecular formula is C9H7F6N3O2S. The Balaban J connectivity index is 3.57. The average Bonchev–Trinajstić information content (AvgIpc) is 2.34. The lowest BCUT2D eigenvalue weighted by molar-refractivity contribution is -0.143. The van der Waals surface area contributed by atoms with Crippen LogP contribution in [0.5, 0.6) is 0 Å². The van der Waals surface area contributed by atoms with Crippen molar-refractivity contribution in [1.82, 2.24) is 5.43 Å². The monoisotopic (exact) mass is 335 g/mol. The van der Waals surface area contributed by atoms with Gasteiger partial charge < -0.3 is 5.43 Å². The summed E-state index contributed by atoms with van der Waals surface area (Å²) in [7, 11) is -4.76. The van der Waals surface area contributed by atoms with Crippen LogP contribution in [0.2, 0.25) is 0 Å². The number of hydrogen-bond acceptors (Lipinski definition) is 3. The summed E-state index contributed by atoms with van der Waals surface area (Å²) >= 11 is 0. The molecule has 0 aliphatic rings. The minimum atomic E-state index is -5.15. The molecule has 0 aliphatic heterocycles. The molecule has 21 heavy (non-hydrogen) atoms. The lowest BCUT2D eigenvalue weighted by Gasteiger charge is -2.13. The van der Waals surface area contributed by atoms with E-state index < -0.39 is 38.4 Å². The van der Waals surface area contributed by atoms with Gasteiger partial charge in [0.2, 0.25) is 0 Å².